The molecule has 6 heteroatoms. The van der Waals surface area contributed by atoms with Gasteiger partial charge in [0, 0.05) is 6.20 Å². The van der Waals surface area contributed by atoms with Crippen LogP contribution in [-0.4, -0.2) is 10.4 Å². The van der Waals surface area contributed by atoms with Gasteiger partial charge in [-0.25, -0.2) is 4.39 Å². The minimum Gasteiger partial charge on any atom is -0.340 e. The van der Waals surface area contributed by atoms with Gasteiger partial charge in [-0.15, -0.1) is 11.3 Å². The van der Waals surface area contributed by atoms with E-state index in [1.165, 1.54) is 12.1 Å². The Morgan fingerprint density at radius 3 is 2.75 bits per heavy atom. The predicted molar refractivity (Wildman–Crippen MR) is 80.6 cm³/mol. The average Bonchev–Trinajstić information content (AvgIpc) is 2.93. The summed E-state index contributed by atoms with van der Waals surface area (Å²) < 4.78 is 15.8. The summed E-state index contributed by atoms with van der Waals surface area (Å²) in [5.41, 5.74) is 1.08. The lowest BCUT2D eigenvalue weighted by Gasteiger charge is -2.04. The zero-order valence-electron chi connectivity index (χ0n) is 10.1. The maximum absolute atomic E-state index is 13.3. The molecular weight excluding hydrogens is 320 g/mol. The Hall–Kier alpha value is -1.36. The highest BCUT2D eigenvalue weighted by atomic mass is 35.5. The van der Waals surface area contributed by atoms with Crippen molar-refractivity contribution < 1.29 is 9.18 Å². The van der Waals surface area contributed by atoms with E-state index >= 15 is 0 Å². The number of carbonyl (C=O) groups is 1. The summed E-state index contributed by atoms with van der Waals surface area (Å²) in [4.78, 5) is 12.2. The molecular formula is C14H8Cl2FNOS. The first-order valence-electron chi connectivity index (χ1n) is 5.77. The van der Waals surface area contributed by atoms with E-state index in [1.807, 2.05) is 6.07 Å². The molecule has 2 aromatic heterocycles. The lowest BCUT2D eigenvalue weighted by molar-refractivity contribution is 0.0974. The minimum absolute atomic E-state index is 0.0970. The summed E-state index contributed by atoms with van der Waals surface area (Å²) in [6.07, 6.45) is 1.75. The van der Waals surface area contributed by atoms with Gasteiger partial charge >= 0.3 is 0 Å². The second kappa shape index (κ2) is 5.20. The molecule has 2 heterocycles. The van der Waals surface area contributed by atoms with Crippen LogP contribution in [0.1, 0.15) is 10.4 Å². The zero-order chi connectivity index (χ0) is 14.3. The molecule has 0 unspecified atom stereocenters. The van der Waals surface area contributed by atoms with Gasteiger partial charge in [-0.05, 0) is 35.7 Å². The Labute approximate surface area is 128 Å². The number of thiophene rings is 1. The van der Waals surface area contributed by atoms with E-state index in [-0.39, 0.29) is 18.1 Å². The van der Waals surface area contributed by atoms with Gasteiger partial charge in [0.25, 0.3) is 0 Å². The molecule has 0 aliphatic heterocycles. The minimum atomic E-state index is -0.332. The van der Waals surface area contributed by atoms with Crippen LogP contribution < -0.4 is 0 Å². The van der Waals surface area contributed by atoms with E-state index in [4.69, 9.17) is 23.2 Å². The first-order chi connectivity index (χ1) is 9.54. The van der Waals surface area contributed by atoms with Crippen molar-refractivity contribution in [3.8, 4) is 0 Å². The van der Waals surface area contributed by atoms with Crippen LogP contribution in [0.3, 0.4) is 0 Å². The summed E-state index contributed by atoms with van der Waals surface area (Å²) in [6, 6.07) is 7.88. The molecule has 0 amide bonds. The first kappa shape index (κ1) is 13.6. The van der Waals surface area contributed by atoms with Crippen LogP contribution in [0.15, 0.2) is 36.5 Å². The topological polar surface area (TPSA) is 22.0 Å². The molecule has 0 spiro atoms. The van der Waals surface area contributed by atoms with Crippen molar-refractivity contribution in [1.29, 1.82) is 0 Å². The van der Waals surface area contributed by atoms with Gasteiger partial charge in [-0.2, -0.15) is 0 Å². The number of Topliss-reactive ketones (excluding diaryl/α,β-unsaturated/α-hetero) is 1. The number of nitrogens with zero attached hydrogens (tertiary/aromatic N) is 1. The van der Waals surface area contributed by atoms with Crippen LogP contribution >= 0.6 is 34.5 Å². The Kier molecular flexibility index (Phi) is 3.54. The molecule has 3 rings (SSSR count). The molecule has 0 saturated carbocycles. The van der Waals surface area contributed by atoms with Crippen LogP contribution in [0.4, 0.5) is 4.39 Å². The molecule has 0 aliphatic rings. The smallest absolute Gasteiger partial charge is 0.184 e. The molecule has 102 valence electrons. The number of halogens is 3. The van der Waals surface area contributed by atoms with Crippen LogP contribution in [0, 0.1) is 5.82 Å². The standard InChI is InChI=1S/C14H8Cl2FNOS/c15-13-6-10(14(16)20-13)12(19)7-18-4-3-8-1-2-9(17)5-11(8)18/h1-6H,7H2. The van der Waals surface area contributed by atoms with E-state index in [9.17, 15) is 9.18 Å². The second-order valence-electron chi connectivity index (χ2n) is 4.31. The molecule has 0 saturated heterocycles. The maximum Gasteiger partial charge on any atom is 0.184 e. The van der Waals surface area contributed by atoms with Crippen molar-refractivity contribution in [2.24, 2.45) is 0 Å². The Morgan fingerprint density at radius 2 is 2.05 bits per heavy atom. The molecule has 0 radical (unpaired) electrons. The van der Waals surface area contributed by atoms with E-state index < -0.39 is 0 Å². The molecule has 0 aliphatic carbocycles. The number of carbonyl (C=O) groups excluding carboxylic acids is 1. The molecule has 20 heavy (non-hydrogen) atoms. The van der Waals surface area contributed by atoms with Gasteiger partial charge in [0.15, 0.2) is 5.78 Å². The van der Waals surface area contributed by atoms with Gasteiger partial charge in [0.05, 0.1) is 22.0 Å². The van der Waals surface area contributed by atoms with Crippen molar-refractivity contribution in [2.75, 3.05) is 0 Å². The molecule has 0 N–H and O–H groups in total. The summed E-state index contributed by atoms with van der Waals surface area (Å²) in [5.74, 6) is -0.485. The van der Waals surface area contributed by atoms with Crippen molar-refractivity contribution in [1.82, 2.24) is 4.57 Å². The van der Waals surface area contributed by atoms with Gasteiger partial charge in [-0.1, -0.05) is 23.2 Å². The van der Waals surface area contributed by atoms with E-state index in [0.717, 1.165) is 16.7 Å². The zero-order valence-corrected chi connectivity index (χ0v) is 12.4. The number of hydrogen-bond acceptors (Lipinski definition) is 2. The van der Waals surface area contributed by atoms with E-state index in [2.05, 4.69) is 0 Å². The maximum atomic E-state index is 13.3. The molecule has 0 atom stereocenters. The van der Waals surface area contributed by atoms with Crippen LogP contribution in [0.25, 0.3) is 10.9 Å². The van der Waals surface area contributed by atoms with Crippen molar-refractivity contribution in [3.05, 3.63) is 56.6 Å². The summed E-state index contributed by atoms with van der Waals surface area (Å²) in [7, 11) is 0. The molecule has 2 nitrogen and oxygen atoms in total. The number of aromatic nitrogens is 1. The van der Waals surface area contributed by atoms with Gasteiger partial charge in [0.1, 0.15) is 10.2 Å². The van der Waals surface area contributed by atoms with Gasteiger partial charge in [0.2, 0.25) is 0 Å². The third-order valence-electron chi connectivity index (χ3n) is 3.01. The fraction of sp³-hybridized carbons (Fsp3) is 0.0714. The SMILES string of the molecule is O=C(Cn1ccc2ccc(F)cc21)c1cc(Cl)sc1Cl. The number of fused-ring (bicyclic) bond motifs is 1. The van der Waals surface area contributed by atoms with Crippen molar-refractivity contribution >= 4 is 51.2 Å². The summed E-state index contributed by atoms with van der Waals surface area (Å²) in [5, 5.41) is 0.883. The summed E-state index contributed by atoms with van der Waals surface area (Å²) in [6.45, 7) is 0.0970. The normalized spacial score (nSPS) is 11.2. The Balaban J connectivity index is 1.95. The number of rotatable bonds is 3. The third-order valence-corrected chi connectivity index (χ3v) is 4.49. The summed E-state index contributed by atoms with van der Waals surface area (Å²) >= 11 is 13.0. The fourth-order valence-electron chi connectivity index (χ4n) is 2.07. The fourth-order valence-corrected chi connectivity index (χ4v) is 3.56. The quantitative estimate of drug-likeness (QED) is 0.618. The third kappa shape index (κ3) is 2.46. The van der Waals surface area contributed by atoms with Crippen molar-refractivity contribution in [3.63, 3.8) is 0 Å². The lowest BCUT2D eigenvalue weighted by atomic mass is 10.2. The molecule has 0 bridgehead atoms. The Bertz CT molecular complexity index is 809. The van der Waals surface area contributed by atoms with Crippen LogP contribution in [0.5, 0.6) is 0 Å². The first-order valence-corrected chi connectivity index (χ1v) is 7.34. The lowest BCUT2D eigenvalue weighted by Crippen LogP contribution is -2.09. The number of hydrogen-bond donors (Lipinski definition) is 0. The van der Waals surface area contributed by atoms with E-state index in [0.29, 0.717) is 19.8 Å². The van der Waals surface area contributed by atoms with Crippen LogP contribution in [0.2, 0.25) is 8.67 Å². The largest absolute Gasteiger partial charge is 0.340 e. The number of ketones is 1. The van der Waals surface area contributed by atoms with E-state index in [1.54, 1.807) is 22.9 Å². The van der Waals surface area contributed by atoms with Crippen LogP contribution in [-0.2, 0) is 6.54 Å². The van der Waals surface area contributed by atoms with Gasteiger partial charge < -0.3 is 4.57 Å². The Morgan fingerprint density at radius 1 is 1.25 bits per heavy atom. The van der Waals surface area contributed by atoms with Gasteiger partial charge in [-0.3, -0.25) is 4.79 Å². The monoisotopic (exact) mass is 327 g/mol. The second-order valence-corrected chi connectivity index (χ2v) is 6.59. The molecule has 0 fully saturated rings. The predicted octanol–water partition coefficient (Wildman–Crippen LogP) is 5.03. The molecule has 3 aromatic rings. The average molecular weight is 328 g/mol. The highest BCUT2D eigenvalue weighted by molar-refractivity contribution is 7.20. The molecule has 1 aromatic carbocycles. The highest BCUT2D eigenvalue weighted by Gasteiger charge is 2.15. The highest BCUT2D eigenvalue weighted by Crippen LogP contribution is 2.31. The number of benzene rings is 1. The van der Waals surface area contributed by atoms with Crippen molar-refractivity contribution in [2.45, 2.75) is 6.54 Å².